The average Bonchev–Trinajstić information content (AvgIpc) is 3.26. The number of hydrogen-bond acceptors (Lipinski definition) is 5. The number of rotatable bonds is 9. The fraction of sp³-hybridized carbons (Fsp3) is 0.304. The van der Waals surface area contributed by atoms with Crippen LogP contribution in [0.2, 0.25) is 0 Å². The number of aliphatic hydroxyl groups is 1. The van der Waals surface area contributed by atoms with Gasteiger partial charge >= 0.3 is 0 Å². The number of aryl methyl sites for hydroxylation is 1. The number of Topliss-reactive ketones (excluding diaryl/α,β-unsaturated/α-hetero) is 1. The zero-order chi connectivity index (χ0) is 21.8. The van der Waals surface area contributed by atoms with Crippen molar-refractivity contribution in [1.82, 2.24) is 4.90 Å². The summed E-state index contributed by atoms with van der Waals surface area (Å²) in [5.41, 5.74) is 0.738. The third-order valence-corrected chi connectivity index (χ3v) is 4.93. The zero-order valence-electron chi connectivity index (χ0n) is 17.5. The summed E-state index contributed by atoms with van der Waals surface area (Å²) in [7, 11) is 3.96. The number of nitrogens with zero attached hydrogens (tertiary/aromatic N) is 1. The van der Waals surface area contributed by atoms with Gasteiger partial charge in [-0.2, -0.15) is 0 Å². The van der Waals surface area contributed by atoms with Crippen LogP contribution in [-0.2, 0) is 4.79 Å². The normalized spacial score (nSPS) is 16.5. The Kier molecular flexibility index (Phi) is 6.42. The van der Waals surface area contributed by atoms with Crippen LogP contribution in [0.4, 0.5) is 0 Å². The lowest BCUT2D eigenvalue weighted by molar-refractivity contribution is -0.857. The molecule has 0 aliphatic carbocycles. The van der Waals surface area contributed by atoms with Crippen molar-refractivity contribution in [3.63, 3.8) is 0 Å². The summed E-state index contributed by atoms with van der Waals surface area (Å²) in [4.78, 5) is 28.7. The first-order valence-corrected chi connectivity index (χ1v) is 9.81. The third-order valence-electron chi connectivity index (χ3n) is 4.93. The molecule has 1 aromatic carbocycles. The summed E-state index contributed by atoms with van der Waals surface area (Å²) in [6.07, 6.45) is 1.65. The first-order chi connectivity index (χ1) is 14.3. The van der Waals surface area contributed by atoms with Crippen LogP contribution in [0.5, 0.6) is 5.75 Å². The van der Waals surface area contributed by atoms with Gasteiger partial charge in [-0.25, -0.2) is 0 Å². The van der Waals surface area contributed by atoms with E-state index < -0.39 is 23.5 Å². The number of carbonyl (C=O) groups excluding carboxylic acids is 2. The van der Waals surface area contributed by atoms with Crippen molar-refractivity contribution in [2.75, 3.05) is 33.8 Å². The minimum Gasteiger partial charge on any atom is -0.503 e. The minimum absolute atomic E-state index is 0.0304. The molecule has 7 nitrogen and oxygen atoms in total. The van der Waals surface area contributed by atoms with Crippen LogP contribution in [0.25, 0.3) is 0 Å². The molecule has 0 bridgehead atoms. The fourth-order valence-electron chi connectivity index (χ4n) is 3.40. The number of aliphatic hydroxyl groups excluding tert-OH is 1. The van der Waals surface area contributed by atoms with E-state index in [1.165, 1.54) is 4.90 Å². The van der Waals surface area contributed by atoms with Crippen molar-refractivity contribution in [3.05, 3.63) is 77.5 Å². The maximum Gasteiger partial charge on any atom is 0.290 e. The van der Waals surface area contributed by atoms with E-state index in [0.717, 1.165) is 4.90 Å². The highest BCUT2D eigenvalue weighted by Crippen LogP contribution is 2.39. The number of nitrogens with one attached hydrogen (secondary N) is 1. The summed E-state index contributed by atoms with van der Waals surface area (Å²) in [5, 5.41) is 10.6. The molecular weight excluding hydrogens is 384 g/mol. The van der Waals surface area contributed by atoms with Crippen LogP contribution in [0.15, 0.2) is 64.8 Å². The summed E-state index contributed by atoms with van der Waals surface area (Å²) in [6, 6.07) is 9.66. The lowest BCUT2D eigenvalue weighted by Gasteiger charge is -2.27. The second kappa shape index (κ2) is 9.00. The number of benzene rings is 1. The van der Waals surface area contributed by atoms with E-state index in [-0.39, 0.29) is 11.3 Å². The largest absolute Gasteiger partial charge is 0.503 e. The van der Waals surface area contributed by atoms with E-state index in [2.05, 4.69) is 6.58 Å². The Bertz CT molecular complexity index is 972. The van der Waals surface area contributed by atoms with Crippen LogP contribution in [-0.4, -0.2) is 55.5 Å². The minimum atomic E-state index is -0.705. The molecule has 2 N–H and O–H groups in total. The van der Waals surface area contributed by atoms with Crippen molar-refractivity contribution < 1.29 is 28.7 Å². The Morgan fingerprint density at radius 2 is 1.97 bits per heavy atom. The van der Waals surface area contributed by atoms with Gasteiger partial charge in [-0.05, 0) is 36.8 Å². The van der Waals surface area contributed by atoms with E-state index in [9.17, 15) is 14.7 Å². The van der Waals surface area contributed by atoms with Crippen LogP contribution in [0, 0.1) is 6.92 Å². The molecular formula is C23H27N2O5+. The van der Waals surface area contributed by atoms with Gasteiger partial charge in [-0.1, -0.05) is 24.8 Å². The van der Waals surface area contributed by atoms with Gasteiger partial charge in [-0.15, -0.1) is 0 Å². The highest BCUT2D eigenvalue weighted by Gasteiger charge is 2.44. The van der Waals surface area contributed by atoms with Gasteiger partial charge in [0, 0.05) is 0 Å². The molecule has 1 aromatic heterocycles. The lowest BCUT2D eigenvalue weighted by atomic mass is 9.95. The first-order valence-electron chi connectivity index (χ1n) is 9.81. The molecule has 0 unspecified atom stereocenters. The molecule has 158 valence electrons. The Balaban J connectivity index is 2.00. The SMILES string of the molecule is C=CCOc1ccc([C@H]2C(C(=O)c3ccc(C)o3)=C(O)C(=O)N2CC[NH+](C)C)cc1. The molecule has 0 spiro atoms. The Hall–Kier alpha value is -3.32. The van der Waals surface area contributed by atoms with Gasteiger partial charge in [0.05, 0.1) is 38.8 Å². The zero-order valence-corrected chi connectivity index (χ0v) is 17.5. The highest BCUT2D eigenvalue weighted by atomic mass is 16.5. The molecule has 0 radical (unpaired) electrons. The number of amides is 1. The molecule has 0 saturated carbocycles. The molecule has 30 heavy (non-hydrogen) atoms. The van der Waals surface area contributed by atoms with Crippen molar-refractivity contribution in [2.24, 2.45) is 0 Å². The van der Waals surface area contributed by atoms with Crippen LogP contribution < -0.4 is 9.64 Å². The van der Waals surface area contributed by atoms with Gasteiger partial charge in [0.25, 0.3) is 5.91 Å². The number of carbonyl (C=O) groups is 2. The quantitative estimate of drug-likeness (QED) is 0.486. The number of ether oxygens (including phenoxy) is 1. The summed E-state index contributed by atoms with van der Waals surface area (Å²) >= 11 is 0. The van der Waals surface area contributed by atoms with Gasteiger partial charge < -0.3 is 24.1 Å². The highest BCUT2D eigenvalue weighted by molar-refractivity contribution is 6.15. The molecule has 2 aromatic rings. The van der Waals surface area contributed by atoms with Crippen LogP contribution in [0.1, 0.15) is 27.9 Å². The topological polar surface area (TPSA) is 84.4 Å². The maximum absolute atomic E-state index is 13.2. The fourth-order valence-corrected chi connectivity index (χ4v) is 3.40. The standard InChI is InChI=1S/C23H26N2O5/c1-5-14-29-17-9-7-16(8-10-17)20-19(21(26)18-11-6-15(2)30-18)22(27)23(28)25(20)13-12-24(3)4/h5-11,20,27H,1,12-14H2,2-4H3/p+1/t20-/m0/s1. The van der Waals surface area contributed by atoms with E-state index in [0.29, 0.717) is 36.8 Å². The Labute approximate surface area is 175 Å². The Morgan fingerprint density at radius 1 is 1.27 bits per heavy atom. The van der Waals surface area contributed by atoms with Crippen molar-refractivity contribution in [1.29, 1.82) is 0 Å². The van der Waals surface area contributed by atoms with Crippen LogP contribution in [0.3, 0.4) is 0 Å². The molecule has 0 fully saturated rings. The number of quaternary nitrogens is 1. The predicted octanol–water partition coefficient (Wildman–Crippen LogP) is 1.88. The van der Waals surface area contributed by atoms with Gasteiger partial charge in [0.15, 0.2) is 11.5 Å². The smallest absolute Gasteiger partial charge is 0.290 e. The van der Waals surface area contributed by atoms with Crippen molar-refractivity contribution in [2.45, 2.75) is 13.0 Å². The molecule has 1 aliphatic rings. The monoisotopic (exact) mass is 411 g/mol. The van der Waals surface area contributed by atoms with E-state index >= 15 is 0 Å². The maximum atomic E-state index is 13.2. The van der Waals surface area contributed by atoms with E-state index in [1.54, 1.807) is 49.4 Å². The average molecular weight is 411 g/mol. The molecule has 1 atom stereocenters. The molecule has 2 heterocycles. The van der Waals surface area contributed by atoms with E-state index in [1.807, 2.05) is 14.1 Å². The van der Waals surface area contributed by atoms with Gasteiger partial charge in [0.1, 0.15) is 18.1 Å². The first kappa shape index (κ1) is 21.4. The molecule has 0 saturated heterocycles. The summed E-state index contributed by atoms with van der Waals surface area (Å²) in [5.74, 6) is -0.255. The van der Waals surface area contributed by atoms with Crippen molar-refractivity contribution >= 4 is 11.7 Å². The molecule has 3 rings (SSSR count). The number of hydrogen-bond donors (Lipinski definition) is 2. The molecule has 1 aliphatic heterocycles. The Morgan fingerprint density at radius 3 is 2.53 bits per heavy atom. The molecule has 1 amide bonds. The second-order valence-electron chi connectivity index (χ2n) is 7.53. The third kappa shape index (κ3) is 4.31. The summed E-state index contributed by atoms with van der Waals surface area (Å²) < 4.78 is 11.0. The number of ketones is 1. The lowest BCUT2D eigenvalue weighted by Crippen LogP contribution is -3.06. The summed E-state index contributed by atoms with van der Waals surface area (Å²) in [6.45, 7) is 6.79. The molecule has 7 heteroatoms. The van der Waals surface area contributed by atoms with Crippen molar-refractivity contribution in [3.8, 4) is 5.75 Å². The van der Waals surface area contributed by atoms with Crippen LogP contribution >= 0.6 is 0 Å². The van der Waals surface area contributed by atoms with E-state index in [4.69, 9.17) is 9.15 Å². The number of furan rings is 1. The predicted molar refractivity (Wildman–Crippen MR) is 112 cm³/mol. The van der Waals surface area contributed by atoms with Gasteiger partial charge in [-0.3, -0.25) is 9.59 Å². The number of likely N-dealkylation sites (N-methyl/N-ethyl adjacent to an activating group) is 1. The van der Waals surface area contributed by atoms with Gasteiger partial charge in [0.2, 0.25) is 5.78 Å². The second-order valence-corrected chi connectivity index (χ2v) is 7.53.